The van der Waals surface area contributed by atoms with E-state index in [0.29, 0.717) is 25.4 Å². The van der Waals surface area contributed by atoms with E-state index < -0.39 is 0 Å². The molecule has 6 heteroatoms. The summed E-state index contributed by atoms with van der Waals surface area (Å²) in [6.07, 6.45) is 2.80. The molecule has 1 aliphatic rings. The van der Waals surface area contributed by atoms with Crippen molar-refractivity contribution in [2.24, 2.45) is 0 Å². The number of hydrogen-bond acceptors (Lipinski definition) is 4. The minimum Gasteiger partial charge on any atom is -0.355 e. The van der Waals surface area contributed by atoms with Gasteiger partial charge in [-0.3, -0.25) is 9.69 Å². The van der Waals surface area contributed by atoms with Crippen LogP contribution >= 0.6 is 11.3 Å². The number of carbonyl (C=O) groups excluding carboxylic acids is 1. The van der Waals surface area contributed by atoms with Gasteiger partial charge >= 0.3 is 0 Å². The lowest BCUT2D eigenvalue weighted by Crippen LogP contribution is -2.41. The quantitative estimate of drug-likeness (QED) is 0.684. The van der Waals surface area contributed by atoms with Crippen molar-refractivity contribution in [3.8, 4) is 0 Å². The molecule has 3 aromatic rings. The summed E-state index contributed by atoms with van der Waals surface area (Å²) in [5, 5.41) is 4.20. The smallest absolute Gasteiger partial charge is 0.234 e. The van der Waals surface area contributed by atoms with E-state index in [4.69, 9.17) is 4.98 Å². The number of thiazole rings is 1. The van der Waals surface area contributed by atoms with Crippen LogP contribution < -0.4 is 5.32 Å². The van der Waals surface area contributed by atoms with Crippen molar-refractivity contribution in [1.29, 1.82) is 0 Å². The fourth-order valence-electron chi connectivity index (χ4n) is 3.66. The SMILES string of the molecule is O=C(CN1CCC(c2nc3ccccc3s2)CC1)NCCc1ccc(F)cc1. The topological polar surface area (TPSA) is 45.2 Å². The summed E-state index contributed by atoms with van der Waals surface area (Å²) in [7, 11) is 0. The molecule has 146 valence electrons. The first-order valence-electron chi connectivity index (χ1n) is 9.76. The van der Waals surface area contributed by atoms with E-state index in [9.17, 15) is 9.18 Å². The number of nitrogens with zero attached hydrogens (tertiary/aromatic N) is 2. The molecule has 2 aromatic carbocycles. The molecule has 1 aliphatic heterocycles. The number of likely N-dealkylation sites (tertiary alicyclic amines) is 1. The number of fused-ring (bicyclic) bond motifs is 1. The molecule has 1 saturated heterocycles. The Bertz CT molecular complexity index is 899. The Balaban J connectivity index is 1.20. The van der Waals surface area contributed by atoms with Gasteiger partial charge in [0.25, 0.3) is 0 Å². The van der Waals surface area contributed by atoms with Crippen LogP contribution in [0, 0.1) is 5.82 Å². The van der Waals surface area contributed by atoms with Crippen molar-refractivity contribution in [2.75, 3.05) is 26.2 Å². The van der Waals surface area contributed by atoms with E-state index >= 15 is 0 Å². The molecule has 1 N–H and O–H groups in total. The molecule has 4 rings (SSSR count). The highest BCUT2D eigenvalue weighted by Crippen LogP contribution is 2.33. The van der Waals surface area contributed by atoms with Crippen molar-refractivity contribution in [3.63, 3.8) is 0 Å². The van der Waals surface area contributed by atoms with E-state index in [2.05, 4.69) is 28.4 Å². The molecular weight excluding hydrogens is 373 g/mol. The standard InChI is InChI=1S/C22H24FN3OS/c23-18-7-5-16(6-8-18)9-12-24-21(27)15-26-13-10-17(11-14-26)22-25-19-3-1-2-4-20(19)28-22/h1-8,17H,9-15H2,(H,24,27). The van der Waals surface area contributed by atoms with Crippen molar-refractivity contribution < 1.29 is 9.18 Å². The summed E-state index contributed by atoms with van der Waals surface area (Å²) in [6.45, 7) is 2.86. The average molecular weight is 398 g/mol. The summed E-state index contributed by atoms with van der Waals surface area (Å²) in [5.74, 6) is 0.317. The van der Waals surface area contributed by atoms with Crippen LogP contribution in [0.5, 0.6) is 0 Å². The Hall–Kier alpha value is -2.31. The second-order valence-corrected chi connectivity index (χ2v) is 8.36. The van der Waals surface area contributed by atoms with Gasteiger partial charge in [0, 0.05) is 12.5 Å². The van der Waals surface area contributed by atoms with Crippen LogP contribution in [0.4, 0.5) is 4.39 Å². The number of halogens is 1. The van der Waals surface area contributed by atoms with Gasteiger partial charge in [-0.25, -0.2) is 9.37 Å². The van der Waals surface area contributed by atoms with Crippen LogP contribution in [0.15, 0.2) is 48.5 Å². The predicted molar refractivity (Wildman–Crippen MR) is 111 cm³/mol. The second kappa shape index (κ2) is 8.80. The molecule has 0 unspecified atom stereocenters. The monoisotopic (exact) mass is 397 g/mol. The largest absolute Gasteiger partial charge is 0.355 e. The fourth-order valence-corrected chi connectivity index (χ4v) is 4.80. The Morgan fingerprint density at radius 3 is 2.64 bits per heavy atom. The van der Waals surface area contributed by atoms with E-state index in [1.165, 1.54) is 21.8 Å². The molecular formula is C22H24FN3OS. The minimum atomic E-state index is -0.234. The lowest BCUT2D eigenvalue weighted by molar-refractivity contribution is -0.122. The maximum absolute atomic E-state index is 12.9. The first-order valence-corrected chi connectivity index (χ1v) is 10.6. The van der Waals surface area contributed by atoms with Gasteiger partial charge in [-0.2, -0.15) is 0 Å². The summed E-state index contributed by atoms with van der Waals surface area (Å²) in [4.78, 5) is 19.2. The van der Waals surface area contributed by atoms with Crippen LogP contribution in [0.2, 0.25) is 0 Å². The Morgan fingerprint density at radius 2 is 1.89 bits per heavy atom. The van der Waals surface area contributed by atoms with Gasteiger partial charge in [0.1, 0.15) is 5.82 Å². The number of nitrogens with one attached hydrogen (secondary N) is 1. The number of piperidine rings is 1. The summed E-state index contributed by atoms with van der Waals surface area (Å²) < 4.78 is 14.2. The number of aromatic nitrogens is 1. The van der Waals surface area contributed by atoms with Crippen molar-refractivity contribution in [1.82, 2.24) is 15.2 Å². The van der Waals surface area contributed by atoms with Gasteiger partial charge in [0.2, 0.25) is 5.91 Å². The molecule has 1 amide bonds. The molecule has 2 heterocycles. The van der Waals surface area contributed by atoms with Crippen molar-refractivity contribution in [2.45, 2.75) is 25.2 Å². The molecule has 0 aliphatic carbocycles. The molecule has 0 bridgehead atoms. The molecule has 0 radical (unpaired) electrons. The number of hydrogen-bond donors (Lipinski definition) is 1. The van der Waals surface area contributed by atoms with Crippen molar-refractivity contribution >= 4 is 27.5 Å². The van der Waals surface area contributed by atoms with Gasteiger partial charge < -0.3 is 5.32 Å². The first-order chi connectivity index (χ1) is 13.7. The summed E-state index contributed by atoms with van der Waals surface area (Å²) in [5.41, 5.74) is 2.11. The van der Waals surface area contributed by atoms with Crippen LogP contribution in [0.25, 0.3) is 10.2 Å². The third-order valence-corrected chi connectivity index (χ3v) is 6.46. The molecule has 0 spiro atoms. The number of carbonyl (C=O) groups is 1. The molecule has 1 fully saturated rings. The maximum Gasteiger partial charge on any atom is 0.234 e. The van der Waals surface area contributed by atoms with E-state index in [1.54, 1.807) is 23.5 Å². The van der Waals surface area contributed by atoms with Crippen molar-refractivity contribution in [3.05, 3.63) is 64.9 Å². The summed E-state index contributed by atoms with van der Waals surface area (Å²) >= 11 is 1.80. The number of benzene rings is 2. The maximum atomic E-state index is 12.9. The molecule has 1 aromatic heterocycles. The van der Waals surface area contributed by atoms with Crippen LogP contribution in [0.3, 0.4) is 0 Å². The van der Waals surface area contributed by atoms with Crippen LogP contribution in [-0.2, 0) is 11.2 Å². The van der Waals surface area contributed by atoms with Gasteiger partial charge in [-0.1, -0.05) is 24.3 Å². The lowest BCUT2D eigenvalue weighted by atomic mass is 9.97. The Morgan fingerprint density at radius 1 is 1.14 bits per heavy atom. The first kappa shape index (κ1) is 19.0. The second-order valence-electron chi connectivity index (χ2n) is 7.30. The van der Waals surface area contributed by atoms with Gasteiger partial charge in [-0.05, 0) is 62.2 Å². The number of rotatable bonds is 6. The summed E-state index contributed by atoms with van der Waals surface area (Å²) in [6, 6.07) is 14.7. The normalized spacial score (nSPS) is 15.8. The lowest BCUT2D eigenvalue weighted by Gasteiger charge is -2.30. The molecule has 0 atom stereocenters. The zero-order valence-corrected chi connectivity index (χ0v) is 16.6. The van der Waals surface area contributed by atoms with Crippen LogP contribution in [0.1, 0.15) is 29.3 Å². The average Bonchev–Trinajstić information content (AvgIpc) is 3.14. The van der Waals surface area contributed by atoms with E-state index in [-0.39, 0.29) is 11.7 Å². The zero-order valence-electron chi connectivity index (χ0n) is 15.7. The van der Waals surface area contributed by atoms with Gasteiger partial charge in [0.05, 0.1) is 21.8 Å². The zero-order chi connectivity index (χ0) is 19.3. The predicted octanol–water partition coefficient (Wildman–Crippen LogP) is 3.97. The van der Waals surface area contributed by atoms with E-state index in [0.717, 1.165) is 37.0 Å². The molecule has 28 heavy (non-hydrogen) atoms. The van der Waals surface area contributed by atoms with Gasteiger partial charge in [-0.15, -0.1) is 11.3 Å². The van der Waals surface area contributed by atoms with Crippen LogP contribution in [-0.4, -0.2) is 42.0 Å². The van der Waals surface area contributed by atoms with Gasteiger partial charge in [0.15, 0.2) is 0 Å². The Kier molecular flexibility index (Phi) is 5.98. The highest BCUT2D eigenvalue weighted by Gasteiger charge is 2.24. The van der Waals surface area contributed by atoms with E-state index in [1.807, 2.05) is 6.07 Å². The number of amides is 1. The third kappa shape index (κ3) is 4.75. The third-order valence-electron chi connectivity index (χ3n) is 5.26. The fraction of sp³-hybridized carbons (Fsp3) is 0.364. The Labute approximate surface area is 168 Å². The molecule has 0 saturated carbocycles. The molecule has 4 nitrogen and oxygen atoms in total. The minimum absolute atomic E-state index is 0.0561. The highest BCUT2D eigenvalue weighted by atomic mass is 32.1. The number of para-hydroxylation sites is 1. The highest BCUT2D eigenvalue weighted by molar-refractivity contribution is 7.18.